The van der Waals surface area contributed by atoms with Gasteiger partial charge in [-0.15, -0.1) is 11.3 Å². The van der Waals surface area contributed by atoms with Crippen molar-refractivity contribution in [3.8, 4) is 0 Å². The Hall–Kier alpha value is -0.880. The summed E-state index contributed by atoms with van der Waals surface area (Å²) in [6.45, 7) is 2.82. The number of carboxylic acids is 1. The molecule has 1 saturated heterocycles. The van der Waals surface area contributed by atoms with Crippen LogP contribution in [-0.2, 0) is 4.79 Å². The van der Waals surface area contributed by atoms with Gasteiger partial charge >= 0.3 is 5.97 Å². The Morgan fingerprint density at radius 1 is 1.58 bits per heavy atom. The zero-order valence-electron chi connectivity index (χ0n) is 10.7. The molecule has 0 radical (unpaired) electrons. The summed E-state index contributed by atoms with van der Waals surface area (Å²) in [5.74, 6) is -0.863. The topological polar surface area (TPSA) is 57.6 Å². The van der Waals surface area contributed by atoms with E-state index >= 15 is 0 Å². The lowest BCUT2D eigenvalue weighted by Crippen LogP contribution is -2.49. The van der Waals surface area contributed by atoms with Gasteiger partial charge in [0, 0.05) is 17.6 Å². The number of halogens is 1. The van der Waals surface area contributed by atoms with Crippen molar-refractivity contribution in [1.82, 2.24) is 4.90 Å². The fourth-order valence-corrected chi connectivity index (χ4v) is 4.02. The Bertz CT molecular complexity index is 502. The molecule has 0 bridgehead atoms. The first kappa shape index (κ1) is 14.5. The molecule has 1 unspecified atom stereocenters. The van der Waals surface area contributed by atoms with Crippen LogP contribution in [0.1, 0.15) is 35.9 Å². The van der Waals surface area contributed by atoms with E-state index in [1.807, 2.05) is 18.4 Å². The minimum absolute atomic E-state index is 0.0688. The van der Waals surface area contributed by atoms with E-state index in [0.29, 0.717) is 30.8 Å². The molecule has 0 saturated carbocycles. The van der Waals surface area contributed by atoms with Crippen molar-refractivity contribution >= 4 is 39.1 Å². The van der Waals surface area contributed by atoms with E-state index in [1.165, 1.54) is 11.3 Å². The van der Waals surface area contributed by atoms with Gasteiger partial charge in [0.1, 0.15) is 4.88 Å². The van der Waals surface area contributed by atoms with E-state index in [0.717, 1.165) is 10.9 Å². The molecule has 1 N–H and O–H groups in total. The summed E-state index contributed by atoms with van der Waals surface area (Å²) in [5, 5.41) is 11.3. The number of hydrogen-bond acceptors (Lipinski definition) is 3. The third-order valence-electron chi connectivity index (χ3n) is 3.81. The number of aliphatic carboxylic acids is 1. The summed E-state index contributed by atoms with van der Waals surface area (Å²) in [5.41, 5.74) is -0.780. The standard InChI is InChI=1S/C13H16BrNO3S/c1-2-13(12(17)18)5-3-6-15(8-13)11(16)10-9(14)4-7-19-10/h4,7H,2-3,5-6,8H2,1H3,(H,17,18). The van der Waals surface area contributed by atoms with Crippen LogP contribution in [0.2, 0.25) is 0 Å². The van der Waals surface area contributed by atoms with Crippen LogP contribution >= 0.6 is 27.3 Å². The van der Waals surface area contributed by atoms with Crippen molar-refractivity contribution in [1.29, 1.82) is 0 Å². The average Bonchev–Trinajstić information content (AvgIpc) is 2.84. The molecule has 0 spiro atoms. The molecule has 1 fully saturated rings. The number of hydrogen-bond donors (Lipinski definition) is 1. The molecular formula is C13H16BrNO3S. The van der Waals surface area contributed by atoms with Crippen LogP contribution in [0, 0.1) is 5.41 Å². The zero-order valence-corrected chi connectivity index (χ0v) is 13.1. The van der Waals surface area contributed by atoms with E-state index in [2.05, 4.69) is 15.9 Å². The normalized spacial score (nSPS) is 23.4. The maximum Gasteiger partial charge on any atom is 0.311 e. The van der Waals surface area contributed by atoms with E-state index in [9.17, 15) is 14.7 Å². The highest BCUT2D eigenvalue weighted by atomic mass is 79.9. The predicted molar refractivity (Wildman–Crippen MR) is 77.5 cm³/mol. The predicted octanol–water partition coefficient (Wildman–Crippen LogP) is 3.23. The second kappa shape index (κ2) is 5.63. The molecule has 19 heavy (non-hydrogen) atoms. The maximum atomic E-state index is 12.4. The van der Waals surface area contributed by atoms with Crippen LogP contribution in [0.5, 0.6) is 0 Å². The number of likely N-dealkylation sites (tertiary alicyclic amines) is 1. The first-order valence-corrected chi connectivity index (χ1v) is 7.93. The van der Waals surface area contributed by atoms with Crippen molar-refractivity contribution in [2.24, 2.45) is 5.41 Å². The summed E-state index contributed by atoms with van der Waals surface area (Å²) < 4.78 is 0.783. The van der Waals surface area contributed by atoms with Gasteiger partial charge in [0.25, 0.3) is 5.91 Å². The van der Waals surface area contributed by atoms with E-state index < -0.39 is 11.4 Å². The van der Waals surface area contributed by atoms with Crippen LogP contribution in [0.3, 0.4) is 0 Å². The largest absolute Gasteiger partial charge is 0.481 e. The van der Waals surface area contributed by atoms with Gasteiger partial charge in [0.05, 0.1) is 5.41 Å². The monoisotopic (exact) mass is 345 g/mol. The molecule has 2 rings (SSSR count). The Morgan fingerprint density at radius 2 is 2.32 bits per heavy atom. The lowest BCUT2D eigenvalue weighted by molar-refractivity contribution is -0.152. The molecule has 1 aromatic heterocycles. The Balaban J connectivity index is 2.20. The number of piperidine rings is 1. The molecule has 6 heteroatoms. The van der Waals surface area contributed by atoms with Crippen molar-refractivity contribution in [2.75, 3.05) is 13.1 Å². The number of carbonyl (C=O) groups excluding carboxylic acids is 1. The van der Waals surface area contributed by atoms with Crippen molar-refractivity contribution < 1.29 is 14.7 Å². The Kier molecular flexibility index (Phi) is 4.30. The lowest BCUT2D eigenvalue weighted by atomic mass is 9.77. The molecule has 2 heterocycles. The highest BCUT2D eigenvalue weighted by molar-refractivity contribution is 9.10. The summed E-state index contributed by atoms with van der Waals surface area (Å²) in [6.07, 6.45) is 1.95. The van der Waals surface area contributed by atoms with E-state index in [-0.39, 0.29) is 5.91 Å². The molecule has 0 aromatic carbocycles. The van der Waals surface area contributed by atoms with Crippen molar-refractivity contribution in [2.45, 2.75) is 26.2 Å². The second-order valence-corrected chi connectivity index (χ2v) is 6.64. The number of rotatable bonds is 3. The van der Waals surface area contributed by atoms with Gasteiger partial charge in [-0.25, -0.2) is 0 Å². The first-order chi connectivity index (χ1) is 9.00. The molecule has 1 aliphatic rings. The van der Waals surface area contributed by atoms with E-state index in [1.54, 1.807) is 4.90 Å². The van der Waals surface area contributed by atoms with E-state index in [4.69, 9.17) is 0 Å². The van der Waals surface area contributed by atoms with Crippen LogP contribution in [0.25, 0.3) is 0 Å². The van der Waals surface area contributed by atoms with Gasteiger partial charge < -0.3 is 10.0 Å². The van der Waals surface area contributed by atoms with Gasteiger partial charge in [-0.3, -0.25) is 9.59 Å². The molecule has 1 aliphatic heterocycles. The lowest BCUT2D eigenvalue weighted by Gasteiger charge is -2.39. The first-order valence-electron chi connectivity index (χ1n) is 6.26. The Labute approximate surface area is 124 Å². The number of amides is 1. The third kappa shape index (κ3) is 2.69. The third-order valence-corrected chi connectivity index (χ3v) is 5.63. The molecule has 4 nitrogen and oxygen atoms in total. The number of carbonyl (C=O) groups is 2. The average molecular weight is 346 g/mol. The second-order valence-electron chi connectivity index (χ2n) is 4.87. The molecule has 0 aliphatic carbocycles. The number of carboxylic acid groups (broad SMARTS) is 1. The summed E-state index contributed by atoms with van der Waals surface area (Å²) in [4.78, 5) is 26.2. The van der Waals surface area contributed by atoms with Crippen LogP contribution in [-0.4, -0.2) is 35.0 Å². The van der Waals surface area contributed by atoms with Gasteiger partial charge in [-0.1, -0.05) is 6.92 Å². The highest BCUT2D eigenvalue weighted by Crippen LogP contribution is 2.35. The molecular weight excluding hydrogens is 330 g/mol. The Morgan fingerprint density at radius 3 is 2.84 bits per heavy atom. The summed E-state index contributed by atoms with van der Waals surface area (Å²) in [7, 11) is 0. The van der Waals surface area contributed by atoms with Gasteiger partial charge in [0.2, 0.25) is 0 Å². The van der Waals surface area contributed by atoms with Crippen LogP contribution < -0.4 is 0 Å². The SMILES string of the molecule is CCC1(C(=O)O)CCCN(C(=O)c2sccc2Br)C1. The van der Waals surface area contributed by atoms with Gasteiger partial charge in [0.15, 0.2) is 0 Å². The molecule has 1 amide bonds. The molecule has 1 aromatic rings. The quantitative estimate of drug-likeness (QED) is 0.914. The van der Waals surface area contributed by atoms with Crippen molar-refractivity contribution in [3.63, 3.8) is 0 Å². The van der Waals surface area contributed by atoms with Crippen molar-refractivity contribution in [3.05, 3.63) is 20.8 Å². The summed E-state index contributed by atoms with van der Waals surface area (Å²) >= 11 is 4.74. The fourth-order valence-electron chi connectivity index (χ4n) is 2.51. The fraction of sp³-hybridized carbons (Fsp3) is 0.538. The molecule has 1 atom stereocenters. The minimum atomic E-state index is -0.794. The maximum absolute atomic E-state index is 12.4. The zero-order chi connectivity index (χ0) is 14.0. The highest BCUT2D eigenvalue weighted by Gasteiger charge is 2.42. The van der Waals surface area contributed by atoms with Crippen LogP contribution in [0.4, 0.5) is 0 Å². The summed E-state index contributed by atoms with van der Waals surface area (Å²) in [6, 6.07) is 1.84. The number of nitrogens with zero attached hydrogens (tertiary/aromatic N) is 1. The molecule has 104 valence electrons. The van der Waals surface area contributed by atoms with Gasteiger partial charge in [-0.05, 0) is 46.6 Å². The minimum Gasteiger partial charge on any atom is -0.481 e. The number of thiophene rings is 1. The smallest absolute Gasteiger partial charge is 0.311 e. The van der Waals surface area contributed by atoms with Gasteiger partial charge in [-0.2, -0.15) is 0 Å². The van der Waals surface area contributed by atoms with Crippen LogP contribution in [0.15, 0.2) is 15.9 Å².